The molecule has 0 bridgehead atoms. The molecule has 0 aliphatic rings. The third-order valence-electron chi connectivity index (χ3n) is 1.88. The van der Waals surface area contributed by atoms with Crippen molar-refractivity contribution in [2.75, 3.05) is 17.6 Å². The first-order chi connectivity index (χ1) is 8.66. The maximum absolute atomic E-state index is 11.9. The summed E-state index contributed by atoms with van der Waals surface area (Å²) in [5.74, 6) is 0.280. The lowest BCUT2D eigenvalue weighted by molar-refractivity contribution is -0.0327. The Morgan fingerprint density at radius 2 is 1.89 bits per heavy atom. The van der Waals surface area contributed by atoms with Gasteiger partial charge in [0.05, 0.1) is 6.54 Å². The standard InChI is InChI=1S/C10H17F3N4OS/c1-9(2,3)15-6-7-16-17-8(18-7)14-4-5-19-10(11,12)13/h15H,4-6H2,1-3H3,(H,14,17). The van der Waals surface area contributed by atoms with Gasteiger partial charge in [-0.1, -0.05) is 5.10 Å². The minimum Gasteiger partial charge on any atom is -0.407 e. The number of alkyl halides is 3. The number of anilines is 1. The van der Waals surface area contributed by atoms with E-state index < -0.39 is 5.51 Å². The Balaban J connectivity index is 2.27. The van der Waals surface area contributed by atoms with Gasteiger partial charge in [-0.25, -0.2) is 0 Å². The molecule has 0 aliphatic heterocycles. The second-order valence-corrected chi connectivity index (χ2v) is 5.99. The summed E-state index contributed by atoms with van der Waals surface area (Å²) in [5.41, 5.74) is -4.29. The molecule has 1 rings (SSSR count). The Morgan fingerprint density at radius 3 is 2.47 bits per heavy atom. The zero-order valence-electron chi connectivity index (χ0n) is 11.0. The highest BCUT2D eigenvalue weighted by Crippen LogP contribution is 2.29. The second-order valence-electron chi connectivity index (χ2n) is 4.83. The summed E-state index contributed by atoms with van der Waals surface area (Å²) in [6.45, 7) is 6.51. The van der Waals surface area contributed by atoms with Crippen molar-refractivity contribution in [3.8, 4) is 0 Å². The van der Waals surface area contributed by atoms with E-state index in [1.807, 2.05) is 20.8 Å². The average Bonchev–Trinajstić information content (AvgIpc) is 2.67. The summed E-state index contributed by atoms with van der Waals surface area (Å²) < 4.78 is 40.8. The fourth-order valence-electron chi connectivity index (χ4n) is 1.06. The summed E-state index contributed by atoms with van der Waals surface area (Å²) >= 11 is -0.0915. The van der Waals surface area contributed by atoms with E-state index in [0.717, 1.165) is 0 Å². The fraction of sp³-hybridized carbons (Fsp3) is 0.800. The van der Waals surface area contributed by atoms with Crippen LogP contribution in [0.4, 0.5) is 19.2 Å². The van der Waals surface area contributed by atoms with Gasteiger partial charge < -0.3 is 15.1 Å². The van der Waals surface area contributed by atoms with Crippen molar-refractivity contribution in [2.24, 2.45) is 0 Å². The predicted molar refractivity (Wildman–Crippen MR) is 67.9 cm³/mol. The summed E-state index contributed by atoms with van der Waals surface area (Å²) in [4.78, 5) is 0. The van der Waals surface area contributed by atoms with Crippen LogP contribution in [-0.2, 0) is 6.54 Å². The van der Waals surface area contributed by atoms with Gasteiger partial charge in [-0.2, -0.15) is 13.2 Å². The Hall–Kier alpha value is -0.960. The number of hydrogen-bond acceptors (Lipinski definition) is 6. The molecule has 2 N–H and O–H groups in total. The number of nitrogens with one attached hydrogen (secondary N) is 2. The van der Waals surface area contributed by atoms with Gasteiger partial charge in [-0.05, 0) is 32.5 Å². The fourth-order valence-corrected chi connectivity index (χ4v) is 1.50. The Morgan fingerprint density at radius 1 is 1.21 bits per heavy atom. The molecule has 1 heterocycles. The summed E-state index contributed by atoms with van der Waals surface area (Å²) in [6, 6.07) is 0.133. The molecule has 1 aromatic heterocycles. The van der Waals surface area contributed by atoms with Crippen LogP contribution in [0.25, 0.3) is 0 Å². The zero-order chi connectivity index (χ0) is 14.5. The van der Waals surface area contributed by atoms with Crippen LogP contribution >= 0.6 is 11.8 Å². The lowest BCUT2D eigenvalue weighted by atomic mass is 10.1. The van der Waals surface area contributed by atoms with E-state index in [1.165, 1.54) is 0 Å². The quantitative estimate of drug-likeness (QED) is 0.787. The van der Waals surface area contributed by atoms with Crippen LogP contribution in [0.5, 0.6) is 0 Å². The first kappa shape index (κ1) is 16.1. The van der Waals surface area contributed by atoms with Gasteiger partial charge in [0.15, 0.2) is 0 Å². The number of hydrogen-bond donors (Lipinski definition) is 2. The summed E-state index contributed by atoms with van der Waals surface area (Å²) in [6.07, 6.45) is 0. The Bertz CT molecular complexity index is 389. The molecule has 0 radical (unpaired) electrons. The molecule has 0 fully saturated rings. The number of nitrogens with zero attached hydrogens (tertiary/aromatic N) is 2. The van der Waals surface area contributed by atoms with Crippen LogP contribution in [0.15, 0.2) is 4.42 Å². The molecule has 0 saturated carbocycles. The third-order valence-corrected chi connectivity index (χ3v) is 2.62. The van der Waals surface area contributed by atoms with Gasteiger partial charge in [0, 0.05) is 17.8 Å². The maximum Gasteiger partial charge on any atom is 0.441 e. The minimum atomic E-state index is -4.21. The van der Waals surface area contributed by atoms with Crippen molar-refractivity contribution in [3.05, 3.63) is 5.89 Å². The topological polar surface area (TPSA) is 63.0 Å². The molecule has 1 aromatic rings. The molecule has 0 aliphatic carbocycles. The summed E-state index contributed by atoms with van der Waals surface area (Å²) in [5, 5.41) is 13.3. The van der Waals surface area contributed by atoms with Crippen molar-refractivity contribution in [2.45, 2.75) is 38.4 Å². The molecule has 9 heteroatoms. The van der Waals surface area contributed by atoms with Crippen molar-refractivity contribution in [3.63, 3.8) is 0 Å². The number of thioether (sulfide) groups is 1. The van der Waals surface area contributed by atoms with Crippen LogP contribution in [0, 0.1) is 0 Å². The van der Waals surface area contributed by atoms with Crippen LogP contribution in [-0.4, -0.2) is 33.5 Å². The smallest absolute Gasteiger partial charge is 0.407 e. The third kappa shape index (κ3) is 7.93. The van der Waals surface area contributed by atoms with E-state index in [4.69, 9.17) is 4.42 Å². The highest BCUT2D eigenvalue weighted by Gasteiger charge is 2.27. The monoisotopic (exact) mass is 298 g/mol. The van der Waals surface area contributed by atoms with Gasteiger partial charge in [-0.15, -0.1) is 5.10 Å². The van der Waals surface area contributed by atoms with E-state index in [2.05, 4.69) is 20.8 Å². The SMILES string of the molecule is CC(C)(C)NCc1nnc(NCCSC(F)(F)F)o1. The predicted octanol–water partition coefficient (Wildman–Crippen LogP) is 2.62. The zero-order valence-corrected chi connectivity index (χ0v) is 11.8. The van der Waals surface area contributed by atoms with Gasteiger partial charge in [-0.3, -0.25) is 0 Å². The molecule has 110 valence electrons. The molecule has 0 unspecified atom stereocenters. The number of halogens is 3. The van der Waals surface area contributed by atoms with E-state index >= 15 is 0 Å². The largest absolute Gasteiger partial charge is 0.441 e. The van der Waals surface area contributed by atoms with Gasteiger partial charge in [0.2, 0.25) is 5.89 Å². The highest BCUT2D eigenvalue weighted by molar-refractivity contribution is 8.00. The summed E-state index contributed by atoms with van der Waals surface area (Å²) in [7, 11) is 0. The maximum atomic E-state index is 11.9. The minimum absolute atomic E-state index is 0.0780. The van der Waals surface area contributed by atoms with E-state index in [-0.39, 0.29) is 35.6 Å². The molecular weight excluding hydrogens is 281 g/mol. The molecule has 0 spiro atoms. The molecule has 0 aromatic carbocycles. The van der Waals surface area contributed by atoms with Crippen LogP contribution in [0.1, 0.15) is 26.7 Å². The van der Waals surface area contributed by atoms with Crippen LogP contribution in [0.2, 0.25) is 0 Å². The molecule has 0 saturated heterocycles. The highest BCUT2D eigenvalue weighted by atomic mass is 32.2. The lowest BCUT2D eigenvalue weighted by Gasteiger charge is -2.18. The second kappa shape index (κ2) is 6.47. The van der Waals surface area contributed by atoms with Crippen molar-refractivity contribution < 1.29 is 17.6 Å². The average molecular weight is 298 g/mol. The molecule has 19 heavy (non-hydrogen) atoms. The van der Waals surface area contributed by atoms with Crippen molar-refractivity contribution in [1.29, 1.82) is 0 Å². The Labute approximate surface area is 113 Å². The van der Waals surface area contributed by atoms with Crippen LogP contribution in [0.3, 0.4) is 0 Å². The molecule has 5 nitrogen and oxygen atoms in total. The van der Waals surface area contributed by atoms with Crippen molar-refractivity contribution >= 4 is 17.8 Å². The number of rotatable bonds is 6. The van der Waals surface area contributed by atoms with E-state index in [9.17, 15) is 13.2 Å². The molecular formula is C10H17F3N4OS. The van der Waals surface area contributed by atoms with Crippen molar-refractivity contribution in [1.82, 2.24) is 15.5 Å². The number of aromatic nitrogens is 2. The molecule has 0 amide bonds. The van der Waals surface area contributed by atoms with Gasteiger partial charge in [0.1, 0.15) is 0 Å². The van der Waals surface area contributed by atoms with E-state index in [1.54, 1.807) is 0 Å². The first-order valence-electron chi connectivity index (χ1n) is 5.68. The van der Waals surface area contributed by atoms with Gasteiger partial charge >= 0.3 is 11.5 Å². The lowest BCUT2D eigenvalue weighted by Crippen LogP contribution is -2.35. The normalized spacial score (nSPS) is 12.7. The first-order valence-corrected chi connectivity index (χ1v) is 6.66. The van der Waals surface area contributed by atoms with Gasteiger partial charge in [0.25, 0.3) is 0 Å². The molecule has 0 atom stereocenters. The Kier molecular flexibility index (Phi) is 5.48. The van der Waals surface area contributed by atoms with Crippen LogP contribution < -0.4 is 10.6 Å². The van der Waals surface area contributed by atoms with E-state index in [0.29, 0.717) is 12.4 Å².